The second-order valence-electron chi connectivity index (χ2n) is 5.65. The second-order valence-corrected chi connectivity index (χ2v) is 7.87. The van der Waals surface area contributed by atoms with E-state index in [-0.39, 0.29) is 11.9 Å². The maximum Gasteiger partial charge on any atom is 0.263 e. The van der Waals surface area contributed by atoms with Crippen molar-refractivity contribution in [1.29, 1.82) is 0 Å². The van der Waals surface area contributed by atoms with Crippen molar-refractivity contribution < 1.29 is 4.79 Å². The molecular weight excluding hydrogens is 360 g/mol. The van der Waals surface area contributed by atoms with Crippen molar-refractivity contribution in [3.8, 4) is 10.6 Å². The van der Waals surface area contributed by atoms with E-state index < -0.39 is 0 Å². The van der Waals surface area contributed by atoms with Crippen LogP contribution in [0.4, 0.5) is 0 Å². The third kappa shape index (κ3) is 4.04. The van der Waals surface area contributed by atoms with Crippen LogP contribution in [0.15, 0.2) is 41.1 Å². The molecule has 2 heterocycles. The number of thiazole rings is 1. The molecule has 1 amide bonds. The van der Waals surface area contributed by atoms with E-state index in [1.54, 1.807) is 11.3 Å². The zero-order valence-corrected chi connectivity index (χ0v) is 15.8. The Morgan fingerprint density at radius 2 is 2.04 bits per heavy atom. The molecule has 0 radical (unpaired) electrons. The van der Waals surface area contributed by atoms with Crippen LogP contribution >= 0.6 is 34.3 Å². The summed E-state index contributed by atoms with van der Waals surface area (Å²) < 4.78 is 0. The topological polar surface area (TPSA) is 42.0 Å². The number of benzene rings is 1. The number of halogens is 1. The molecule has 1 N–H and O–H groups in total. The summed E-state index contributed by atoms with van der Waals surface area (Å²) in [6.07, 6.45) is 0.830. The molecule has 0 saturated carbocycles. The van der Waals surface area contributed by atoms with Gasteiger partial charge in [0.1, 0.15) is 9.88 Å². The SMILES string of the molecule is Cc1nc(-c2ccc(Cl)cc2)sc1C(=O)NC(C)Cc1ccsc1. The van der Waals surface area contributed by atoms with Gasteiger partial charge in [-0.25, -0.2) is 4.98 Å². The Labute approximate surface area is 154 Å². The van der Waals surface area contributed by atoms with Gasteiger partial charge in [-0.05, 0) is 54.8 Å². The molecule has 3 nitrogen and oxygen atoms in total. The van der Waals surface area contributed by atoms with Crippen LogP contribution in [0.5, 0.6) is 0 Å². The van der Waals surface area contributed by atoms with Crippen molar-refractivity contribution in [2.24, 2.45) is 0 Å². The number of hydrogen-bond donors (Lipinski definition) is 1. The Bertz CT molecular complexity index is 825. The van der Waals surface area contributed by atoms with Gasteiger partial charge in [-0.1, -0.05) is 23.7 Å². The molecule has 124 valence electrons. The molecule has 3 aromatic rings. The normalized spacial score (nSPS) is 12.1. The Morgan fingerprint density at radius 1 is 1.29 bits per heavy atom. The van der Waals surface area contributed by atoms with Gasteiger partial charge in [-0.15, -0.1) is 11.3 Å². The Morgan fingerprint density at radius 3 is 2.71 bits per heavy atom. The molecule has 0 spiro atoms. The fourth-order valence-electron chi connectivity index (χ4n) is 2.43. The predicted molar refractivity (Wildman–Crippen MR) is 102 cm³/mol. The van der Waals surface area contributed by atoms with Crippen LogP contribution in [0.1, 0.15) is 27.9 Å². The van der Waals surface area contributed by atoms with Crippen molar-refractivity contribution in [3.63, 3.8) is 0 Å². The van der Waals surface area contributed by atoms with Gasteiger partial charge in [-0.2, -0.15) is 11.3 Å². The van der Waals surface area contributed by atoms with E-state index in [4.69, 9.17) is 11.6 Å². The largest absolute Gasteiger partial charge is 0.348 e. The summed E-state index contributed by atoms with van der Waals surface area (Å²) in [6, 6.07) is 9.66. The van der Waals surface area contributed by atoms with Gasteiger partial charge in [-0.3, -0.25) is 4.79 Å². The van der Waals surface area contributed by atoms with E-state index in [9.17, 15) is 4.79 Å². The number of nitrogens with zero attached hydrogens (tertiary/aromatic N) is 1. The van der Waals surface area contributed by atoms with Crippen molar-refractivity contribution in [3.05, 3.63) is 62.2 Å². The number of nitrogens with one attached hydrogen (secondary N) is 1. The third-order valence-corrected chi connectivity index (χ3v) is 5.78. The van der Waals surface area contributed by atoms with Crippen molar-refractivity contribution >= 4 is 40.2 Å². The first kappa shape index (κ1) is 17.1. The molecule has 0 saturated heterocycles. The molecule has 1 atom stereocenters. The number of aryl methyl sites for hydroxylation is 1. The molecular formula is C18H17ClN2OS2. The second kappa shape index (κ2) is 7.47. The summed E-state index contributed by atoms with van der Waals surface area (Å²) in [5.74, 6) is -0.0621. The number of hydrogen-bond acceptors (Lipinski definition) is 4. The number of rotatable bonds is 5. The molecule has 0 aliphatic carbocycles. The van der Waals surface area contributed by atoms with Crippen LogP contribution in [0.25, 0.3) is 10.6 Å². The summed E-state index contributed by atoms with van der Waals surface area (Å²) in [5.41, 5.74) is 2.97. The maximum absolute atomic E-state index is 12.5. The lowest BCUT2D eigenvalue weighted by Gasteiger charge is -2.12. The molecule has 6 heteroatoms. The highest BCUT2D eigenvalue weighted by Crippen LogP contribution is 2.28. The summed E-state index contributed by atoms with van der Waals surface area (Å²) >= 11 is 9.00. The first-order chi connectivity index (χ1) is 11.5. The monoisotopic (exact) mass is 376 g/mol. The van der Waals surface area contributed by atoms with Crippen LogP contribution in [-0.4, -0.2) is 16.9 Å². The van der Waals surface area contributed by atoms with Gasteiger partial charge in [0.25, 0.3) is 5.91 Å². The summed E-state index contributed by atoms with van der Waals surface area (Å²) in [5, 5.41) is 8.75. The van der Waals surface area contributed by atoms with Crippen LogP contribution in [0.3, 0.4) is 0 Å². The standard InChI is InChI=1S/C18H17ClN2OS2/c1-11(9-13-7-8-23-10-13)20-17(22)16-12(2)21-18(24-16)14-3-5-15(19)6-4-14/h3-8,10-11H,9H2,1-2H3,(H,20,22). The lowest BCUT2D eigenvalue weighted by molar-refractivity contribution is 0.0943. The molecule has 1 unspecified atom stereocenters. The number of amides is 1. The molecule has 0 bridgehead atoms. The average Bonchev–Trinajstić information content (AvgIpc) is 3.17. The van der Waals surface area contributed by atoms with E-state index in [0.29, 0.717) is 9.90 Å². The van der Waals surface area contributed by atoms with Crippen LogP contribution in [-0.2, 0) is 6.42 Å². The fraction of sp³-hybridized carbons (Fsp3) is 0.222. The van der Waals surface area contributed by atoms with E-state index >= 15 is 0 Å². The first-order valence-corrected chi connectivity index (χ1v) is 9.72. The zero-order chi connectivity index (χ0) is 17.1. The molecule has 0 aliphatic rings. The number of aromatic nitrogens is 1. The minimum atomic E-state index is -0.0621. The highest BCUT2D eigenvalue weighted by molar-refractivity contribution is 7.17. The van der Waals surface area contributed by atoms with Gasteiger partial charge in [0.05, 0.1) is 5.69 Å². The van der Waals surface area contributed by atoms with E-state index in [1.165, 1.54) is 16.9 Å². The van der Waals surface area contributed by atoms with Gasteiger partial charge >= 0.3 is 0 Å². The van der Waals surface area contributed by atoms with Crippen LogP contribution < -0.4 is 5.32 Å². The lowest BCUT2D eigenvalue weighted by atomic mass is 10.1. The van der Waals surface area contributed by atoms with Gasteiger partial charge in [0.2, 0.25) is 0 Å². The molecule has 1 aromatic carbocycles. The number of carbonyl (C=O) groups excluding carboxylic acids is 1. The van der Waals surface area contributed by atoms with E-state index in [1.807, 2.05) is 38.1 Å². The molecule has 0 fully saturated rings. The Hall–Kier alpha value is -1.69. The average molecular weight is 377 g/mol. The summed E-state index contributed by atoms with van der Waals surface area (Å²) in [6.45, 7) is 3.89. The van der Waals surface area contributed by atoms with Gasteiger partial charge in [0.15, 0.2) is 0 Å². The summed E-state index contributed by atoms with van der Waals surface area (Å²) in [4.78, 5) is 17.7. The summed E-state index contributed by atoms with van der Waals surface area (Å²) in [7, 11) is 0. The zero-order valence-electron chi connectivity index (χ0n) is 13.4. The molecule has 2 aromatic heterocycles. The minimum absolute atomic E-state index is 0.0621. The Kier molecular flexibility index (Phi) is 5.33. The fourth-order valence-corrected chi connectivity index (χ4v) is 4.21. The number of thiophene rings is 1. The lowest BCUT2D eigenvalue weighted by Crippen LogP contribution is -2.33. The van der Waals surface area contributed by atoms with Crippen molar-refractivity contribution in [2.45, 2.75) is 26.3 Å². The molecule has 24 heavy (non-hydrogen) atoms. The van der Waals surface area contributed by atoms with E-state index in [2.05, 4.69) is 27.1 Å². The quantitative estimate of drug-likeness (QED) is 0.665. The van der Waals surface area contributed by atoms with E-state index in [0.717, 1.165) is 22.7 Å². The van der Waals surface area contributed by atoms with Crippen molar-refractivity contribution in [2.75, 3.05) is 0 Å². The highest BCUT2D eigenvalue weighted by Gasteiger charge is 2.18. The molecule has 3 rings (SSSR count). The minimum Gasteiger partial charge on any atom is -0.348 e. The van der Waals surface area contributed by atoms with Crippen LogP contribution in [0, 0.1) is 6.92 Å². The van der Waals surface area contributed by atoms with Gasteiger partial charge in [0, 0.05) is 16.6 Å². The van der Waals surface area contributed by atoms with Crippen LogP contribution in [0.2, 0.25) is 5.02 Å². The number of carbonyl (C=O) groups is 1. The van der Waals surface area contributed by atoms with Gasteiger partial charge < -0.3 is 5.32 Å². The molecule has 0 aliphatic heterocycles. The smallest absolute Gasteiger partial charge is 0.263 e. The third-order valence-electron chi connectivity index (χ3n) is 3.59. The van der Waals surface area contributed by atoms with Crippen molar-refractivity contribution in [1.82, 2.24) is 10.3 Å². The maximum atomic E-state index is 12.5. The first-order valence-electron chi connectivity index (χ1n) is 7.58. The Balaban J connectivity index is 1.72. The highest BCUT2D eigenvalue weighted by atomic mass is 35.5. The predicted octanol–water partition coefficient (Wildman–Crippen LogP) is 5.19.